The lowest BCUT2D eigenvalue weighted by molar-refractivity contribution is -0.152. The summed E-state index contributed by atoms with van der Waals surface area (Å²) in [4.78, 5) is 39.0. The Morgan fingerprint density at radius 2 is 1.71 bits per heavy atom. The minimum Gasteiger partial charge on any atom is -0.483 e. The van der Waals surface area contributed by atoms with Gasteiger partial charge in [0.15, 0.2) is 6.61 Å². The lowest BCUT2D eigenvalue weighted by atomic mass is 10.1. The molecule has 7 nitrogen and oxygen atoms in total. The summed E-state index contributed by atoms with van der Waals surface area (Å²) in [6.07, 6.45) is 11.9. The number of esters is 1. The lowest BCUT2D eigenvalue weighted by Gasteiger charge is -2.34. The van der Waals surface area contributed by atoms with Crippen LogP contribution in [0.2, 0.25) is 0 Å². The molecule has 1 saturated heterocycles. The maximum Gasteiger partial charge on any atom is 0.308 e. The number of nitrogens with zero attached hydrogens (tertiary/aromatic N) is 1. The van der Waals surface area contributed by atoms with Crippen LogP contribution in [-0.4, -0.2) is 55.0 Å². The van der Waals surface area contributed by atoms with E-state index in [-0.39, 0.29) is 24.8 Å². The van der Waals surface area contributed by atoms with Crippen LogP contribution < -0.4 is 10.1 Å². The highest BCUT2D eigenvalue weighted by Gasteiger charge is 2.35. The van der Waals surface area contributed by atoms with Crippen molar-refractivity contribution >= 4 is 33.7 Å². The van der Waals surface area contributed by atoms with Gasteiger partial charge in [-0.2, -0.15) is 0 Å². The molecule has 2 rings (SSSR count). The second-order valence-electron chi connectivity index (χ2n) is 9.22. The average molecular weight is 554 g/mol. The van der Waals surface area contributed by atoms with Gasteiger partial charge in [-0.1, -0.05) is 70.8 Å². The Balaban J connectivity index is 1.68. The van der Waals surface area contributed by atoms with Crippen LogP contribution in [0.15, 0.2) is 22.7 Å². The van der Waals surface area contributed by atoms with Crippen molar-refractivity contribution in [2.45, 2.75) is 90.5 Å². The van der Waals surface area contributed by atoms with Crippen molar-refractivity contribution in [3.63, 3.8) is 0 Å². The number of amides is 2. The van der Waals surface area contributed by atoms with Crippen LogP contribution in [0.5, 0.6) is 5.75 Å². The van der Waals surface area contributed by atoms with Crippen LogP contribution in [0, 0.1) is 6.92 Å². The van der Waals surface area contributed by atoms with Crippen molar-refractivity contribution in [2.24, 2.45) is 0 Å². The van der Waals surface area contributed by atoms with E-state index in [1.807, 2.05) is 19.1 Å². The van der Waals surface area contributed by atoms with E-state index in [0.717, 1.165) is 29.3 Å². The molecule has 0 radical (unpaired) electrons. The molecule has 196 valence electrons. The molecule has 0 aromatic heterocycles. The zero-order valence-corrected chi connectivity index (χ0v) is 22.9. The van der Waals surface area contributed by atoms with Gasteiger partial charge in [-0.25, -0.2) is 0 Å². The molecule has 1 heterocycles. The third kappa shape index (κ3) is 11.0. The van der Waals surface area contributed by atoms with Gasteiger partial charge in [0.25, 0.3) is 5.91 Å². The highest BCUT2D eigenvalue weighted by molar-refractivity contribution is 9.10. The topological polar surface area (TPSA) is 84.9 Å². The van der Waals surface area contributed by atoms with Gasteiger partial charge in [-0.05, 0) is 47.0 Å². The van der Waals surface area contributed by atoms with Crippen LogP contribution >= 0.6 is 15.9 Å². The molecule has 2 amide bonds. The van der Waals surface area contributed by atoms with E-state index in [4.69, 9.17) is 9.47 Å². The van der Waals surface area contributed by atoms with Crippen molar-refractivity contribution in [3.8, 4) is 5.75 Å². The van der Waals surface area contributed by atoms with Crippen molar-refractivity contribution in [2.75, 3.05) is 26.3 Å². The van der Waals surface area contributed by atoms with Crippen molar-refractivity contribution in [3.05, 3.63) is 28.2 Å². The molecule has 1 aliphatic rings. The van der Waals surface area contributed by atoms with E-state index in [1.165, 1.54) is 49.8 Å². The first-order chi connectivity index (χ1) is 16.9. The molecule has 1 aliphatic heterocycles. The van der Waals surface area contributed by atoms with Gasteiger partial charge in [-0.3, -0.25) is 14.4 Å². The predicted molar refractivity (Wildman–Crippen MR) is 140 cm³/mol. The number of piperazine rings is 1. The number of halogens is 1. The second-order valence-corrected chi connectivity index (χ2v) is 10.1. The monoisotopic (exact) mass is 552 g/mol. The summed E-state index contributed by atoms with van der Waals surface area (Å²) >= 11 is 3.43. The van der Waals surface area contributed by atoms with E-state index >= 15 is 0 Å². The molecule has 1 N–H and O–H groups in total. The Kier molecular flexibility index (Phi) is 13.8. The molecule has 0 saturated carbocycles. The Morgan fingerprint density at radius 1 is 1.06 bits per heavy atom. The fourth-order valence-electron chi connectivity index (χ4n) is 4.15. The number of hydrogen-bond acceptors (Lipinski definition) is 5. The summed E-state index contributed by atoms with van der Waals surface area (Å²) in [5.41, 5.74) is 1.07. The number of carbonyl (C=O) groups excluding carboxylic acids is 3. The quantitative estimate of drug-likeness (QED) is 0.221. The minimum absolute atomic E-state index is 0.149. The van der Waals surface area contributed by atoms with E-state index in [1.54, 1.807) is 6.07 Å². The fraction of sp³-hybridized carbons (Fsp3) is 0.667. The van der Waals surface area contributed by atoms with Crippen molar-refractivity contribution in [1.82, 2.24) is 10.2 Å². The number of rotatable bonds is 16. The van der Waals surface area contributed by atoms with Crippen LogP contribution in [0.25, 0.3) is 0 Å². The smallest absolute Gasteiger partial charge is 0.308 e. The largest absolute Gasteiger partial charge is 0.483 e. The van der Waals surface area contributed by atoms with Crippen LogP contribution in [0.3, 0.4) is 0 Å². The molecule has 0 bridgehead atoms. The number of unbranched alkanes of at least 4 members (excludes halogenated alkanes) is 9. The first-order valence-electron chi connectivity index (χ1n) is 13.0. The van der Waals surface area contributed by atoms with E-state index < -0.39 is 12.0 Å². The molecule has 1 fully saturated rings. The SMILES string of the molecule is CCCCCCCCCCCCOC(=O)CC1C(=O)NCCN1C(=O)COc1ccc(C)cc1Br. The van der Waals surface area contributed by atoms with Gasteiger partial charge in [0.1, 0.15) is 11.8 Å². The molecule has 1 aromatic rings. The molecule has 0 aliphatic carbocycles. The molecule has 8 heteroatoms. The molecular formula is C27H41BrN2O5. The van der Waals surface area contributed by atoms with Crippen LogP contribution in [0.4, 0.5) is 0 Å². The molecular weight excluding hydrogens is 512 g/mol. The Bertz CT molecular complexity index is 817. The predicted octanol–water partition coefficient (Wildman–Crippen LogP) is 5.32. The van der Waals surface area contributed by atoms with Crippen LogP contribution in [-0.2, 0) is 19.1 Å². The number of benzene rings is 1. The third-order valence-electron chi connectivity index (χ3n) is 6.21. The number of nitrogens with one attached hydrogen (secondary N) is 1. The van der Waals surface area contributed by atoms with Gasteiger partial charge >= 0.3 is 5.97 Å². The van der Waals surface area contributed by atoms with Gasteiger partial charge in [0.05, 0.1) is 17.5 Å². The highest BCUT2D eigenvalue weighted by atomic mass is 79.9. The molecule has 1 aromatic carbocycles. The van der Waals surface area contributed by atoms with Gasteiger partial charge in [0.2, 0.25) is 5.91 Å². The molecule has 1 atom stereocenters. The first kappa shape index (κ1) is 29.1. The maximum absolute atomic E-state index is 12.8. The number of hydrogen-bond donors (Lipinski definition) is 1. The van der Waals surface area contributed by atoms with Crippen molar-refractivity contribution < 1.29 is 23.9 Å². The summed E-state index contributed by atoms with van der Waals surface area (Å²) in [5, 5.41) is 2.73. The molecule has 1 unspecified atom stereocenters. The number of aryl methyl sites for hydroxylation is 1. The zero-order valence-electron chi connectivity index (χ0n) is 21.3. The van der Waals surface area contributed by atoms with E-state index in [2.05, 4.69) is 28.2 Å². The lowest BCUT2D eigenvalue weighted by Crippen LogP contribution is -2.58. The Morgan fingerprint density at radius 3 is 2.37 bits per heavy atom. The molecule has 0 spiro atoms. The minimum atomic E-state index is -0.874. The maximum atomic E-state index is 12.8. The molecule has 35 heavy (non-hydrogen) atoms. The van der Waals surface area contributed by atoms with Gasteiger partial charge < -0.3 is 19.7 Å². The van der Waals surface area contributed by atoms with Gasteiger partial charge in [0, 0.05) is 13.1 Å². The Hall–Kier alpha value is -2.09. The Labute approximate surface area is 218 Å². The number of carbonyl (C=O) groups is 3. The average Bonchev–Trinajstić information content (AvgIpc) is 2.83. The standard InChI is InChI=1S/C27H41BrN2O5/c1-3-4-5-6-7-8-9-10-11-12-17-34-26(32)19-23-27(33)29-15-16-30(23)25(31)20-35-24-14-13-21(2)18-22(24)28/h13-14,18,23H,3-12,15-17,19-20H2,1-2H3,(H,29,33). The zero-order chi connectivity index (χ0) is 25.5. The summed E-state index contributed by atoms with van der Waals surface area (Å²) < 4.78 is 11.8. The first-order valence-corrected chi connectivity index (χ1v) is 13.8. The second kappa shape index (κ2) is 16.6. The fourth-order valence-corrected chi connectivity index (χ4v) is 4.76. The van der Waals surface area contributed by atoms with E-state index in [9.17, 15) is 14.4 Å². The van der Waals surface area contributed by atoms with E-state index in [0.29, 0.717) is 25.4 Å². The summed E-state index contributed by atoms with van der Waals surface area (Å²) in [6.45, 7) is 5.02. The number of ether oxygens (including phenoxy) is 2. The summed E-state index contributed by atoms with van der Waals surface area (Å²) in [6, 6.07) is 4.72. The highest BCUT2D eigenvalue weighted by Crippen LogP contribution is 2.26. The summed E-state index contributed by atoms with van der Waals surface area (Å²) in [5.74, 6) is -0.572. The van der Waals surface area contributed by atoms with Crippen molar-refractivity contribution in [1.29, 1.82) is 0 Å². The van der Waals surface area contributed by atoms with Gasteiger partial charge in [-0.15, -0.1) is 0 Å². The summed E-state index contributed by atoms with van der Waals surface area (Å²) in [7, 11) is 0. The normalized spacial score (nSPS) is 15.6. The third-order valence-corrected chi connectivity index (χ3v) is 6.83. The van der Waals surface area contributed by atoms with Crippen LogP contribution in [0.1, 0.15) is 83.1 Å².